The third-order valence-corrected chi connectivity index (χ3v) is 5.70. The first kappa shape index (κ1) is 17.4. The van der Waals surface area contributed by atoms with Gasteiger partial charge in [0.05, 0.1) is 21.0 Å². The van der Waals surface area contributed by atoms with E-state index < -0.39 is 15.7 Å². The zero-order valence-corrected chi connectivity index (χ0v) is 15.8. The van der Waals surface area contributed by atoms with Crippen molar-refractivity contribution < 1.29 is 4.21 Å². The second kappa shape index (κ2) is 6.26. The second-order valence-electron chi connectivity index (χ2n) is 5.90. The lowest BCUT2D eigenvalue weighted by Crippen LogP contribution is -2.22. The van der Waals surface area contributed by atoms with Crippen molar-refractivity contribution in [2.75, 3.05) is 0 Å². The van der Waals surface area contributed by atoms with Crippen molar-refractivity contribution in [3.05, 3.63) is 43.6 Å². The highest BCUT2D eigenvalue weighted by Gasteiger charge is 2.20. The molecular weight excluding hydrogens is 388 g/mol. The maximum Gasteiger partial charge on any atom is 0.257 e. The van der Waals surface area contributed by atoms with Crippen LogP contribution in [-0.2, 0) is 11.0 Å². The van der Waals surface area contributed by atoms with Crippen LogP contribution in [0.4, 0.5) is 0 Å². The molecule has 0 spiro atoms. The molecule has 0 amide bonds. The van der Waals surface area contributed by atoms with Gasteiger partial charge in [0, 0.05) is 15.4 Å². The minimum absolute atomic E-state index is 0.270. The summed E-state index contributed by atoms with van der Waals surface area (Å²) in [5, 5.41) is 1.34. The Hall–Kier alpha value is -0.980. The first-order valence-electron chi connectivity index (χ1n) is 6.59. The van der Waals surface area contributed by atoms with Crippen LogP contribution >= 0.6 is 27.5 Å². The number of nitrogens with one attached hydrogen (secondary N) is 1. The van der Waals surface area contributed by atoms with Crippen LogP contribution in [0.15, 0.2) is 31.9 Å². The molecule has 22 heavy (non-hydrogen) atoms. The summed E-state index contributed by atoms with van der Waals surface area (Å²) in [7, 11) is -1.42. The summed E-state index contributed by atoms with van der Waals surface area (Å²) >= 11 is 9.41. The SMILES string of the molecule is CC(=NS(=O)C(C)(C)C)c1cc2cc(Cl)c(Br)cc2[nH]c1=O. The zero-order chi connectivity index (χ0) is 16.7. The quantitative estimate of drug-likeness (QED) is 0.763. The largest absolute Gasteiger partial charge is 0.321 e. The molecule has 0 saturated carbocycles. The van der Waals surface area contributed by atoms with Crippen LogP contribution in [0.3, 0.4) is 0 Å². The Labute approximate surface area is 144 Å². The smallest absolute Gasteiger partial charge is 0.257 e. The van der Waals surface area contributed by atoms with Gasteiger partial charge in [0.15, 0.2) is 0 Å². The molecule has 0 aliphatic heterocycles. The first-order chi connectivity index (χ1) is 10.1. The highest BCUT2D eigenvalue weighted by atomic mass is 79.9. The number of hydrogen-bond donors (Lipinski definition) is 1. The molecule has 0 aliphatic rings. The van der Waals surface area contributed by atoms with E-state index in [0.717, 1.165) is 5.39 Å². The molecule has 0 aliphatic carbocycles. The van der Waals surface area contributed by atoms with E-state index in [1.807, 2.05) is 20.8 Å². The normalized spacial score (nSPS) is 14.4. The molecule has 0 bridgehead atoms. The van der Waals surface area contributed by atoms with Crippen molar-refractivity contribution in [1.82, 2.24) is 4.98 Å². The minimum atomic E-state index is -1.42. The van der Waals surface area contributed by atoms with Crippen LogP contribution in [0.25, 0.3) is 10.9 Å². The van der Waals surface area contributed by atoms with Gasteiger partial charge in [-0.25, -0.2) is 4.21 Å². The third kappa shape index (κ3) is 3.67. The third-order valence-electron chi connectivity index (χ3n) is 3.02. The molecule has 0 fully saturated rings. The van der Waals surface area contributed by atoms with Gasteiger partial charge >= 0.3 is 0 Å². The summed E-state index contributed by atoms with van der Waals surface area (Å²) < 4.78 is 16.5. The lowest BCUT2D eigenvalue weighted by molar-refractivity contribution is 0.650. The monoisotopic (exact) mass is 402 g/mol. The molecule has 1 unspecified atom stereocenters. The van der Waals surface area contributed by atoms with Crippen LogP contribution in [0.1, 0.15) is 33.3 Å². The number of aromatic amines is 1. The van der Waals surface area contributed by atoms with E-state index in [0.29, 0.717) is 26.3 Å². The molecule has 7 heteroatoms. The van der Waals surface area contributed by atoms with Crippen LogP contribution in [0, 0.1) is 0 Å². The number of halogens is 2. The van der Waals surface area contributed by atoms with Crippen LogP contribution in [0.2, 0.25) is 5.02 Å². The van der Waals surface area contributed by atoms with Crippen molar-refractivity contribution in [2.24, 2.45) is 4.40 Å². The standard InChI is InChI=1S/C15H16BrClN2O2S/c1-8(19-22(21)15(2,3)4)10-5-9-6-12(17)11(16)7-13(9)18-14(10)20/h5-7H,1-4H3,(H,18,20). The van der Waals surface area contributed by atoms with Crippen LogP contribution < -0.4 is 5.56 Å². The Morgan fingerprint density at radius 3 is 2.55 bits per heavy atom. The summed E-state index contributed by atoms with van der Waals surface area (Å²) in [4.78, 5) is 15.0. The average molecular weight is 404 g/mol. The van der Waals surface area contributed by atoms with Gasteiger partial charge < -0.3 is 4.98 Å². The maximum atomic E-state index is 12.2. The Kier molecular flexibility index (Phi) is 4.94. The van der Waals surface area contributed by atoms with E-state index in [2.05, 4.69) is 25.3 Å². The number of rotatable bonds is 2. The fraction of sp³-hybridized carbons (Fsp3) is 0.333. The van der Waals surface area contributed by atoms with Gasteiger partial charge in [-0.05, 0) is 61.8 Å². The Morgan fingerprint density at radius 2 is 1.95 bits per heavy atom. The number of benzene rings is 1. The molecule has 4 nitrogen and oxygen atoms in total. The zero-order valence-electron chi connectivity index (χ0n) is 12.7. The van der Waals surface area contributed by atoms with Crippen molar-refractivity contribution >= 4 is 55.1 Å². The van der Waals surface area contributed by atoms with Crippen LogP contribution in [0.5, 0.6) is 0 Å². The number of pyridine rings is 1. The first-order valence-corrected chi connectivity index (χ1v) is 8.87. The fourth-order valence-electron chi connectivity index (χ4n) is 1.78. The number of aromatic nitrogens is 1. The van der Waals surface area contributed by atoms with E-state index in [1.54, 1.807) is 25.1 Å². The maximum absolute atomic E-state index is 12.2. The molecule has 1 heterocycles. The van der Waals surface area contributed by atoms with Crippen molar-refractivity contribution in [3.8, 4) is 0 Å². The predicted molar refractivity (Wildman–Crippen MR) is 97.4 cm³/mol. The molecule has 1 atom stereocenters. The average Bonchev–Trinajstić information content (AvgIpc) is 2.38. The van der Waals surface area contributed by atoms with E-state index in [4.69, 9.17) is 11.6 Å². The summed E-state index contributed by atoms with van der Waals surface area (Å²) in [5.41, 5.74) is 1.24. The number of nitrogens with zero attached hydrogens (tertiary/aromatic N) is 1. The summed E-state index contributed by atoms with van der Waals surface area (Å²) in [6.07, 6.45) is 0. The lowest BCUT2D eigenvalue weighted by atomic mass is 10.1. The second-order valence-corrected chi connectivity index (χ2v) is 9.07. The molecule has 0 saturated heterocycles. The van der Waals surface area contributed by atoms with E-state index in [9.17, 15) is 9.00 Å². The van der Waals surface area contributed by atoms with Gasteiger partial charge in [-0.1, -0.05) is 11.6 Å². The van der Waals surface area contributed by atoms with Gasteiger partial charge in [-0.2, -0.15) is 4.40 Å². The number of H-pyrrole nitrogens is 1. The highest BCUT2D eigenvalue weighted by Crippen LogP contribution is 2.27. The van der Waals surface area contributed by atoms with Gasteiger partial charge in [0.1, 0.15) is 11.0 Å². The summed E-state index contributed by atoms with van der Waals surface area (Å²) in [6, 6.07) is 5.22. The minimum Gasteiger partial charge on any atom is -0.321 e. The van der Waals surface area contributed by atoms with Gasteiger partial charge in [0.25, 0.3) is 5.56 Å². The molecule has 0 radical (unpaired) electrons. The molecule has 1 N–H and O–H groups in total. The Morgan fingerprint density at radius 1 is 1.32 bits per heavy atom. The van der Waals surface area contributed by atoms with Crippen LogP contribution in [-0.4, -0.2) is 19.7 Å². The van der Waals surface area contributed by atoms with E-state index in [1.165, 1.54) is 0 Å². The number of fused-ring (bicyclic) bond motifs is 1. The predicted octanol–water partition coefficient (Wildman–Crippen LogP) is 4.22. The van der Waals surface area contributed by atoms with E-state index >= 15 is 0 Å². The van der Waals surface area contributed by atoms with E-state index in [-0.39, 0.29) is 5.56 Å². The molecule has 2 aromatic rings. The Bertz CT molecular complexity index is 853. The fourth-order valence-corrected chi connectivity index (χ4v) is 2.92. The summed E-state index contributed by atoms with van der Waals surface area (Å²) in [6.45, 7) is 7.19. The van der Waals surface area contributed by atoms with Gasteiger partial charge in [-0.3, -0.25) is 4.79 Å². The molecule has 118 valence electrons. The highest BCUT2D eigenvalue weighted by molar-refractivity contribution is 9.10. The van der Waals surface area contributed by atoms with Gasteiger partial charge in [0.2, 0.25) is 0 Å². The van der Waals surface area contributed by atoms with Crippen molar-refractivity contribution in [1.29, 1.82) is 0 Å². The molecular formula is C15H16BrClN2O2S. The lowest BCUT2D eigenvalue weighted by Gasteiger charge is -2.14. The van der Waals surface area contributed by atoms with Gasteiger partial charge in [-0.15, -0.1) is 0 Å². The summed E-state index contributed by atoms with van der Waals surface area (Å²) in [5.74, 6) is 0. The van der Waals surface area contributed by atoms with Crippen molar-refractivity contribution in [3.63, 3.8) is 0 Å². The Balaban J connectivity index is 2.59. The molecule has 1 aromatic carbocycles. The number of hydrogen-bond acceptors (Lipinski definition) is 2. The molecule has 1 aromatic heterocycles. The topological polar surface area (TPSA) is 62.3 Å². The molecule has 2 rings (SSSR count). The van der Waals surface area contributed by atoms with Crippen molar-refractivity contribution in [2.45, 2.75) is 32.4 Å².